The molecule has 1 aliphatic carbocycles. The molecule has 2 aliphatic rings. The Labute approximate surface area is 72.7 Å². The van der Waals surface area contributed by atoms with Crippen molar-refractivity contribution in [3.8, 4) is 0 Å². The van der Waals surface area contributed by atoms with E-state index in [4.69, 9.17) is 12.2 Å². The van der Waals surface area contributed by atoms with Gasteiger partial charge in [0.1, 0.15) is 0 Å². The van der Waals surface area contributed by atoms with Crippen LogP contribution in [0.1, 0.15) is 19.8 Å². The van der Waals surface area contributed by atoms with Gasteiger partial charge in [-0.25, -0.2) is 0 Å². The van der Waals surface area contributed by atoms with Gasteiger partial charge in [-0.15, -0.1) is 0 Å². The molecular weight excluding hydrogens is 156 g/mol. The van der Waals surface area contributed by atoms with Crippen LogP contribution in [-0.4, -0.2) is 23.6 Å². The first-order valence-electron chi connectivity index (χ1n) is 4.25. The van der Waals surface area contributed by atoms with Gasteiger partial charge < -0.3 is 10.6 Å². The molecule has 2 rings (SSSR count). The lowest BCUT2D eigenvalue weighted by Gasteiger charge is -2.15. The van der Waals surface area contributed by atoms with Gasteiger partial charge in [0, 0.05) is 19.0 Å². The molecule has 0 bridgehead atoms. The third-order valence-corrected chi connectivity index (χ3v) is 3.11. The minimum atomic E-state index is 0.363. The second kappa shape index (κ2) is 2.42. The van der Waals surface area contributed by atoms with Crippen molar-refractivity contribution in [3.05, 3.63) is 0 Å². The van der Waals surface area contributed by atoms with Crippen LogP contribution >= 0.6 is 12.2 Å². The molecule has 0 unspecified atom stereocenters. The number of hydrogen-bond acceptors (Lipinski definition) is 2. The summed E-state index contributed by atoms with van der Waals surface area (Å²) in [6, 6.07) is 0. The van der Waals surface area contributed by atoms with Gasteiger partial charge in [0.15, 0.2) is 0 Å². The van der Waals surface area contributed by atoms with Gasteiger partial charge in [-0.1, -0.05) is 19.1 Å². The molecule has 0 amide bonds. The molecule has 1 heterocycles. The molecule has 0 aromatic carbocycles. The van der Waals surface area contributed by atoms with Crippen LogP contribution in [0.25, 0.3) is 0 Å². The molecule has 1 spiro atoms. The average molecular weight is 170 g/mol. The van der Waals surface area contributed by atoms with Crippen molar-refractivity contribution >= 4 is 17.2 Å². The Hall–Kier alpha value is -0.150. The highest BCUT2D eigenvalue weighted by molar-refractivity contribution is 7.80. The molecule has 2 fully saturated rings. The molecule has 1 aliphatic heterocycles. The molecule has 2 nitrogen and oxygen atoms in total. The van der Waals surface area contributed by atoms with Gasteiger partial charge in [-0.2, -0.15) is 0 Å². The second-order valence-electron chi connectivity index (χ2n) is 3.80. The van der Waals surface area contributed by atoms with Crippen LogP contribution in [0.4, 0.5) is 0 Å². The Morgan fingerprint density at radius 1 is 1.55 bits per heavy atom. The van der Waals surface area contributed by atoms with E-state index in [1.807, 2.05) is 0 Å². The number of thiocarbonyl (C=S) groups is 1. The first-order chi connectivity index (χ1) is 5.22. The van der Waals surface area contributed by atoms with Crippen LogP contribution < -0.4 is 10.6 Å². The van der Waals surface area contributed by atoms with Crippen molar-refractivity contribution in [2.45, 2.75) is 25.3 Å². The van der Waals surface area contributed by atoms with Crippen LogP contribution in [0.3, 0.4) is 0 Å². The van der Waals surface area contributed by atoms with E-state index in [1.165, 1.54) is 12.8 Å². The van der Waals surface area contributed by atoms with Crippen molar-refractivity contribution in [1.82, 2.24) is 10.6 Å². The monoisotopic (exact) mass is 170 g/mol. The van der Waals surface area contributed by atoms with Gasteiger partial charge in [0.25, 0.3) is 0 Å². The summed E-state index contributed by atoms with van der Waals surface area (Å²) >= 11 is 5.25. The molecule has 3 heteroatoms. The van der Waals surface area contributed by atoms with E-state index in [2.05, 4.69) is 17.6 Å². The highest BCUT2D eigenvalue weighted by Gasteiger charge is 2.44. The summed E-state index contributed by atoms with van der Waals surface area (Å²) in [6.45, 7) is 4.30. The summed E-state index contributed by atoms with van der Waals surface area (Å²) in [7, 11) is 0. The van der Waals surface area contributed by atoms with Gasteiger partial charge in [-0.3, -0.25) is 0 Å². The van der Waals surface area contributed by atoms with E-state index in [-0.39, 0.29) is 0 Å². The molecule has 1 saturated carbocycles. The molecule has 1 saturated heterocycles. The van der Waals surface area contributed by atoms with Crippen LogP contribution in [0, 0.1) is 5.92 Å². The van der Waals surface area contributed by atoms with Crippen molar-refractivity contribution < 1.29 is 0 Å². The Bertz CT molecular complexity index is 187. The molecule has 1 atom stereocenters. The van der Waals surface area contributed by atoms with Crippen molar-refractivity contribution in [1.29, 1.82) is 0 Å². The van der Waals surface area contributed by atoms with Gasteiger partial charge in [-0.05, 0) is 12.8 Å². The van der Waals surface area contributed by atoms with E-state index in [9.17, 15) is 0 Å². The minimum Gasteiger partial charge on any atom is -0.373 e. The topological polar surface area (TPSA) is 24.1 Å². The predicted molar refractivity (Wildman–Crippen MR) is 49.7 cm³/mol. The fourth-order valence-corrected chi connectivity index (χ4v) is 1.80. The summed E-state index contributed by atoms with van der Waals surface area (Å²) in [4.78, 5) is 1.05. The molecule has 0 aromatic heterocycles. The standard InChI is InChI=1S/C8H14N2S/c1-6-4-9-5-8(2-3-8)10-7(6)11/h6,9H,2-5H2,1H3,(H,10,11)/t6-/m0/s1. The molecule has 62 valence electrons. The summed E-state index contributed by atoms with van der Waals surface area (Å²) in [5.74, 6) is 0.505. The Morgan fingerprint density at radius 2 is 2.27 bits per heavy atom. The van der Waals surface area contributed by atoms with Gasteiger partial charge in [0.2, 0.25) is 0 Å². The van der Waals surface area contributed by atoms with E-state index in [0.717, 1.165) is 18.1 Å². The fourth-order valence-electron chi connectivity index (χ4n) is 1.50. The van der Waals surface area contributed by atoms with Crippen LogP contribution in [0.5, 0.6) is 0 Å². The van der Waals surface area contributed by atoms with E-state index >= 15 is 0 Å². The molecule has 0 aromatic rings. The Morgan fingerprint density at radius 3 is 2.91 bits per heavy atom. The summed E-state index contributed by atoms with van der Waals surface area (Å²) < 4.78 is 0. The smallest absolute Gasteiger partial charge is 0.0799 e. The normalized spacial score (nSPS) is 34.6. The first-order valence-corrected chi connectivity index (χ1v) is 4.65. The van der Waals surface area contributed by atoms with E-state index < -0.39 is 0 Å². The first kappa shape index (κ1) is 7.50. The average Bonchev–Trinajstić information content (AvgIpc) is 2.69. The third-order valence-electron chi connectivity index (χ3n) is 2.60. The maximum Gasteiger partial charge on any atom is 0.0799 e. The highest BCUT2D eigenvalue weighted by atomic mass is 32.1. The highest BCUT2D eigenvalue weighted by Crippen LogP contribution is 2.35. The quantitative estimate of drug-likeness (QED) is 0.523. The zero-order valence-corrected chi connectivity index (χ0v) is 7.63. The van der Waals surface area contributed by atoms with Crippen molar-refractivity contribution in [3.63, 3.8) is 0 Å². The van der Waals surface area contributed by atoms with Gasteiger partial charge in [0.05, 0.1) is 10.5 Å². The van der Waals surface area contributed by atoms with E-state index in [0.29, 0.717) is 11.5 Å². The van der Waals surface area contributed by atoms with E-state index in [1.54, 1.807) is 0 Å². The van der Waals surface area contributed by atoms with Crippen LogP contribution in [0.15, 0.2) is 0 Å². The number of rotatable bonds is 0. The van der Waals surface area contributed by atoms with Crippen LogP contribution in [0.2, 0.25) is 0 Å². The maximum atomic E-state index is 5.25. The molecule has 11 heavy (non-hydrogen) atoms. The minimum absolute atomic E-state index is 0.363. The maximum absolute atomic E-state index is 5.25. The summed E-state index contributed by atoms with van der Waals surface area (Å²) in [6.07, 6.45) is 2.57. The zero-order valence-electron chi connectivity index (χ0n) is 6.81. The number of hydrogen-bond donors (Lipinski definition) is 2. The predicted octanol–water partition coefficient (Wildman–Crippen LogP) is 0.675. The van der Waals surface area contributed by atoms with Crippen LogP contribution in [-0.2, 0) is 0 Å². The summed E-state index contributed by atoms with van der Waals surface area (Å²) in [5.41, 5.74) is 0.363. The van der Waals surface area contributed by atoms with Crippen molar-refractivity contribution in [2.75, 3.05) is 13.1 Å². The number of nitrogens with one attached hydrogen (secondary N) is 2. The SMILES string of the molecule is C[C@H]1CNCC2(CC2)NC1=S. The van der Waals surface area contributed by atoms with Crippen molar-refractivity contribution in [2.24, 2.45) is 5.92 Å². The van der Waals surface area contributed by atoms with Gasteiger partial charge >= 0.3 is 0 Å². The Balaban J connectivity index is 2.06. The largest absolute Gasteiger partial charge is 0.373 e. The molecular formula is C8H14N2S. The third kappa shape index (κ3) is 1.40. The lowest BCUT2D eigenvalue weighted by molar-refractivity contribution is 0.552. The fraction of sp³-hybridized carbons (Fsp3) is 0.875. The molecule has 0 radical (unpaired) electrons. The second-order valence-corrected chi connectivity index (χ2v) is 4.24. The summed E-state index contributed by atoms with van der Waals surface area (Å²) in [5, 5.41) is 6.88. The lowest BCUT2D eigenvalue weighted by atomic mass is 10.2. The Kier molecular flexibility index (Phi) is 1.65. The lowest BCUT2D eigenvalue weighted by Crippen LogP contribution is -2.40. The molecule has 2 N–H and O–H groups in total. The zero-order chi connectivity index (χ0) is 7.90.